The van der Waals surface area contributed by atoms with Crippen LogP contribution in [0.4, 0.5) is 0 Å². The number of rotatable bonds is 5. The molecule has 1 aliphatic heterocycles. The minimum atomic E-state index is -0.119. The normalized spacial score (nSPS) is 18.8. The van der Waals surface area contributed by atoms with Gasteiger partial charge in [-0.05, 0) is 44.2 Å². The number of pyridine rings is 1. The lowest BCUT2D eigenvalue weighted by Crippen LogP contribution is -2.46. The predicted octanol–water partition coefficient (Wildman–Crippen LogP) is 1.26. The number of hydrogen-bond acceptors (Lipinski definition) is 3. The highest BCUT2D eigenvalue weighted by molar-refractivity contribution is 5.85. The van der Waals surface area contributed by atoms with Crippen LogP contribution < -0.4 is 10.9 Å². The largest absolute Gasteiger partial charge is 0.341 e. The van der Waals surface area contributed by atoms with Crippen molar-refractivity contribution in [2.75, 3.05) is 19.6 Å². The number of piperidine rings is 1. The zero-order valence-corrected chi connectivity index (χ0v) is 13.6. The van der Waals surface area contributed by atoms with Gasteiger partial charge in [-0.1, -0.05) is 6.07 Å². The van der Waals surface area contributed by atoms with Crippen LogP contribution >= 0.6 is 12.4 Å². The van der Waals surface area contributed by atoms with Crippen LogP contribution in [0.25, 0.3) is 0 Å². The summed E-state index contributed by atoms with van der Waals surface area (Å²) in [5.74, 6) is 0.943. The summed E-state index contributed by atoms with van der Waals surface area (Å²) >= 11 is 0. The Hall–Kier alpha value is -1.33. The molecule has 0 aromatic carbocycles. The molecule has 1 aromatic heterocycles. The lowest BCUT2D eigenvalue weighted by atomic mass is 10.0. The van der Waals surface area contributed by atoms with Gasteiger partial charge in [-0.3, -0.25) is 9.59 Å². The molecule has 2 aliphatic rings. The smallest absolute Gasteiger partial charge is 0.250 e. The summed E-state index contributed by atoms with van der Waals surface area (Å²) < 4.78 is 1.47. The summed E-state index contributed by atoms with van der Waals surface area (Å²) in [4.78, 5) is 25.8. The van der Waals surface area contributed by atoms with Crippen LogP contribution in [0.15, 0.2) is 29.2 Å². The highest BCUT2D eigenvalue weighted by atomic mass is 35.5. The Morgan fingerprint density at radius 3 is 2.55 bits per heavy atom. The Kier molecular flexibility index (Phi) is 6.03. The third-order valence-corrected chi connectivity index (χ3v) is 4.44. The van der Waals surface area contributed by atoms with E-state index in [1.807, 2.05) is 4.90 Å². The molecular formula is C16H24ClN3O2. The van der Waals surface area contributed by atoms with Gasteiger partial charge in [0.2, 0.25) is 5.91 Å². The average molecular weight is 326 g/mol. The summed E-state index contributed by atoms with van der Waals surface area (Å²) in [5.41, 5.74) is -0.119. The standard InChI is InChI=1S/C16H23N3O2.ClH/c20-15-3-1-2-8-19(15)12-16(21)18-9-6-14(7-10-18)17-11-13-4-5-13;/h1-3,8,13-14,17H,4-7,9-12H2;1H. The summed E-state index contributed by atoms with van der Waals surface area (Å²) in [5, 5.41) is 3.61. The second-order valence-electron chi connectivity index (χ2n) is 6.17. The third-order valence-electron chi connectivity index (χ3n) is 4.44. The molecule has 0 bridgehead atoms. The van der Waals surface area contributed by atoms with Crippen LogP contribution in [0.2, 0.25) is 0 Å². The van der Waals surface area contributed by atoms with Crippen LogP contribution in [-0.2, 0) is 11.3 Å². The van der Waals surface area contributed by atoms with Crippen LogP contribution in [0.5, 0.6) is 0 Å². The van der Waals surface area contributed by atoms with Crippen molar-refractivity contribution in [2.24, 2.45) is 5.92 Å². The molecule has 0 unspecified atom stereocenters. The van der Waals surface area contributed by atoms with E-state index in [1.54, 1.807) is 18.3 Å². The van der Waals surface area contributed by atoms with E-state index < -0.39 is 0 Å². The summed E-state index contributed by atoms with van der Waals surface area (Å²) in [7, 11) is 0. The number of carbonyl (C=O) groups is 1. The van der Waals surface area contributed by atoms with E-state index in [9.17, 15) is 9.59 Å². The monoisotopic (exact) mass is 325 g/mol. The van der Waals surface area contributed by atoms with Crippen molar-refractivity contribution in [1.82, 2.24) is 14.8 Å². The van der Waals surface area contributed by atoms with Crippen molar-refractivity contribution in [3.05, 3.63) is 34.7 Å². The van der Waals surface area contributed by atoms with E-state index in [-0.39, 0.29) is 30.4 Å². The molecule has 1 N–H and O–H groups in total. The highest BCUT2D eigenvalue weighted by Crippen LogP contribution is 2.28. The first-order valence-electron chi connectivity index (χ1n) is 7.89. The SMILES string of the molecule is Cl.O=C(Cn1ccccc1=O)N1CCC(NCC2CC2)CC1. The summed E-state index contributed by atoms with van der Waals surface area (Å²) in [6, 6.07) is 5.51. The van der Waals surface area contributed by atoms with Gasteiger partial charge >= 0.3 is 0 Å². The third kappa shape index (κ3) is 4.58. The molecule has 1 saturated carbocycles. The van der Waals surface area contributed by atoms with Crippen molar-refractivity contribution >= 4 is 18.3 Å². The molecule has 1 saturated heterocycles. The maximum atomic E-state index is 12.2. The van der Waals surface area contributed by atoms with E-state index >= 15 is 0 Å². The average Bonchev–Trinajstić information content (AvgIpc) is 3.32. The van der Waals surface area contributed by atoms with E-state index in [2.05, 4.69) is 5.32 Å². The molecule has 2 fully saturated rings. The van der Waals surface area contributed by atoms with Gasteiger partial charge in [0.15, 0.2) is 0 Å². The molecule has 0 spiro atoms. The zero-order chi connectivity index (χ0) is 14.7. The van der Waals surface area contributed by atoms with E-state index in [0.717, 1.165) is 38.4 Å². The van der Waals surface area contributed by atoms with Gasteiger partial charge in [-0.2, -0.15) is 0 Å². The molecule has 2 heterocycles. The molecule has 122 valence electrons. The van der Waals surface area contributed by atoms with E-state index in [4.69, 9.17) is 0 Å². The number of hydrogen-bond donors (Lipinski definition) is 1. The molecule has 5 nitrogen and oxygen atoms in total. The van der Waals surface area contributed by atoms with Gasteiger partial charge in [-0.25, -0.2) is 0 Å². The number of likely N-dealkylation sites (tertiary alicyclic amines) is 1. The van der Waals surface area contributed by atoms with Crippen molar-refractivity contribution in [2.45, 2.75) is 38.3 Å². The zero-order valence-electron chi connectivity index (χ0n) is 12.7. The number of nitrogens with zero attached hydrogens (tertiary/aromatic N) is 2. The Bertz CT molecular complexity index is 548. The van der Waals surface area contributed by atoms with Gasteiger partial charge in [-0.15, -0.1) is 12.4 Å². The molecule has 1 aromatic rings. The fourth-order valence-electron chi connectivity index (χ4n) is 2.83. The summed E-state index contributed by atoms with van der Waals surface area (Å²) in [6.45, 7) is 2.88. The fourth-order valence-corrected chi connectivity index (χ4v) is 2.83. The number of nitrogens with one attached hydrogen (secondary N) is 1. The Morgan fingerprint density at radius 2 is 1.91 bits per heavy atom. The first kappa shape index (κ1) is 17.0. The number of halogens is 1. The Morgan fingerprint density at radius 1 is 1.18 bits per heavy atom. The number of aromatic nitrogens is 1. The Balaban J connectivity index is 0.00000176. The van der Waals surface area contributed by atoms with Crippen LogP contribution in [-0.4, -0.2) is 41.1 Å². The molecule has 1 aliphatic carbocycles. The van der Waals surface area contributed by atoms with E-state index in [0.29, 0.717) is 6.04 Å². The van der Waals surface area contributed by atoms with Gasteiger partial charge < -0.3 is 14.8 Å². The molecule has 0 radical (unpaired) electrons. The number of amides is 1. The first-order valence-corrected chi connectivity index (χ1v) is 7.89. The van der Waals surface area contributed by atoms with Crippen LogP contribution in [0.3, 0.4) is 0 Å². The van der Waals surface area contributed by atoms with Crippen molar-refractivity contribution in [3.63, 3.8) is 0 Å². The maximum Gasteiger partial charge on any atom is 0.250 e. The minimum absolute atomic E-state index is 0. The topological polar surface area (TPSA) is 54.3 Å². The maximum absolute atomic E-state index is 12.2. The Labute approximate surface area is 137 Å². The molecule has 22 heavy (non-hydrogen) atoms. The highest BCUT2D eigenvalue weighted by Gasteiger charge is 2.25. The van der Waals surface area contributed by atoms with Gasteiger partial charge in [0, 0.05) is 31.4 Å². The molecular weight excluding hydrogens is 302 g/mol. The number of carbonyl (C=O) groups excluding carboxylic acids is 1. The molecule has 1 amide bonds. The molecule has 6 heteroatoms. The van der Waals surface area contributed by atoms with Crippen LogP contribution in [0, 0.1) is 5.92 Å². The second-order valence-corrected chi connectivity index (χ2v) is 6.17. The lowest BCUT2D eigenvalue weighted by Gasteiger charge is -2.32. The van der Waals surface area contributed by atoms with E-state index in [1.165, 1.54) is 23.5 Å². The van der Waals surface area contributed by atoms with Gasteiger partial charge in [0.1, 0.15) is 6.54 Å². The van der Waals surface area contributed by atoms with Gasteiger partial charge in [0.25, 0.3) is 5.56 Å². The molecule has 0 atom stereocenters. The molecule has 3 rings (SSSR count). The van der Waals surface area contributed by atoms with Crippen molar-refractivity contribution in [1.29, 1.82) is 0 Å². The summed E-state index contributed by atoms with van der Waals surface area (Å²) in [6.07, 6.45) is 6.45. The lowest BCUT2D eigenvalue weighted by molar-refractivity contribution is -0.133. The van der Waals surface area contributed by atoms with Crippen molar-refractivity contribution < 1.29 is 4.79 Å². The quantitative estimate of drug-likeness (QED) is 0.887. The minimum Gasteiger partial charge on any atom is -0.341 e. The van der Waals surface area contributed by atoms with Crippen LogP contribution in [0.1, 0.15) is 25.7 Å². The van der Waals surface area contributed by atoms with Crippen molar-refractivity contribution in [3.8, 4) is 0 Å². The van der Waals surface area contributed by atoms with Gasteiger partial charge in [0.05, 0.1) is 0 Å². The second kappa shape index (κ2) is 7.79. The fraction of sp³-hybridized carbons (Fsp3) is 0.625. The predicted molar refractivity (Wildman–Crippen MR) is 88.3 cm³/mol. The first-order chi connectivity index (χ1) is 10.2.